The van der Waals surface area contributed by atoms with Crippen LogP contribution in [-0.2, 0) is 19.1 Å². The number of alkyl halides is 3. The van der Waals surface area contributed by atoms with E-state index in [0.29, 0.717) is 28.0 Å². The molecule has 3 aromatic rings. The number of esters is 2. The van der Waals surface area contributed by atoms with Gasteiger partial charge in [0.15, 0.2) is 12.1 Å². The number of nitrogens with zero attached hydrogens (tertiary/aromatic N) is 1. The van der Waals surface area contributed by atoms with Crippen LogP contribution < -0.4 is 10.4 Å². The average Bonchev–Trinajstić information content (AvgIpc) is 3.69. The Kier molecular flexibility index (Phi) is 10.2. The molecule has 9 nitrogen and oxygen atoms in total. The number of carbonyl (C=O) groups is 4. The normalized spacial score (nSPS) is 21.6. The number of aliphatic carboxylic acids is 1. The van der Waals surface area contributed by atoms with Crippen LogP contribution in [0.1, 0.15) is 43.8 Å². The second-order valence-corrected chi connectivity index (χ2v) is 12.1. The van der Waals surface area contributed by atoms with E-state index in [1.54, 1.807) is 11.4 Å². The number of para-hydroxylation sites is 1. The number of hydrogen-bond acceptors (Lipinski definition) is 10. The molecule has 0 amide bonds. The minimum atomic E-state index is -5.19. The van der Waals surface area contributed by atoms with E-state index >= 15 is 0 Å². The molecule has 2 aromatic heterocycles. The van der Waals surface area contributed by atoms with Gasteiger partial charge < -0.3 is 29.2 Å². The molecule has 1 N–H and O–H groups in total. The molecule has 2 atom stereocenters. The lowest BCUT2D eigenvalue weighted by atomic mass is 9.83. The standard InChI is InChI=1S/C27H29N2O5S2.C2HF3O2/c1-33-27(32)25-20(11-15-36-25)24(28-19-6-3-2-4-7-19)26(31)34-22-17-29(12-9-18(22)10-13-29)16-21(30)23-8-5-14-35-23;3-2(4,5)1(6)7/h2-8,11,14-15,18,22,24,28H,9-10,12-13,16-17H2,1H3;(H,6,7)/q+1;/p-1/t18?,22-,24+,29?;/m0./s1. The summed E-state index contributed by atoms with van der Waals surface area (Å²) in [6.45, 7) is 2.93. The van der Waals surface area contributed by atoms with Gasteiger partial charge in [-0.15, -0.1) is 22.7 Å². The number of hydrogen-bond donors (Lipinski definition) is 1. The fourth-order valence-electron chi connectivity index (χ4n) is 5.38. The third kappa shape index (κ3) is 8.00. The van der Waals surface area contributed by atoms with Crippen LogP contribution in [0.15, 0.2) is 59.3 Å². The van der Waals surface area contributed by atoms with Gasteiger partial charge in [-0.1, -0.05) is 24.3 Å². The highest BCUT2D eigenvalue weighted by molar-refractivity contribution is 7.12. The predicted octanol–water partition coefficient (Wildman–Crippen LogP) is 4.08. The number of thiophene rings is 2. The van der Waals surface area contributed by atoms with Crippen molar-refractivity contribution in [3.8, 4) is 0 Å². The lowest BCUT2D eigenvalue weighted by Crippen LogP contribution is -2.65. The van der Waals surface area contributed by atoms with E-state index in [1.165, 1.54) is 29.8 Å². The summed E-state index contributed by atoms with van der Waals surface area (Å²) in [5.74, 6) is -3.48. The van der Waals surface area contributed by atoms with Gasteiger partial charge in [0.2, 0.25) is 5.78 Å². The number of nitrogens with one attached hydrogen (secondary N) is 1. The van der Waals surface area contributed by atoms with Crippen LogP contribution in [0.2, 0.25) is 0 Å². The highest BCUT2D eigenvalue weighted by Crippen LogP contribution is 2.37. The summed E-state index contributed by atoms with van der Waals surface area (Å²) in [4.78, 5) is 48.9. The van der Waals surface area contributed by atoms with Gasteiger partial charge in [0.05, 0.1) is 25.1 Å². The maximum atomic E-state index is 13.7. The number of fused-ring (bicyclic) bond motifs is 3. The number of ketones is 1. The van der Waals surface area contributed by atoms with Crippen molar-refractivity contribution >= 4 is 52.1 Å². The van der Waals surface area contributed by atoms with Crippen LogP contribution in [0.25, 0.3) is 0 Å². The molecule has 0 aliphatic carbocycles. The Morgan fingerprint density at radius 3 is 2.28 bits per heavy atom. The van der Waals surface area contributed by atoms with Crippen LogP contribution in [0, 0.1) is 5.92 Å². The highest BCUT2D eigenvalue weighted by Gasteiger charge is 2.49. The zero-order valence-corrected chi connectivity index (χ0v) is 24.6. The van der Waals surface area contributed by atoms with E-state index in [1.807, 2.05) is 47.8 Å². The molecule has 3 fully saturated rings. The number of Topliss-reactive ketones (excluding diaryl/α,β-unsaturated/α-hetero) is 1. The molecule has 3 aliphatic rings. The maximum Gasteiger partial charge on any atom is 0.430 e. The number of carboxylic acid groups (broad SMARTS) is 1. The van der Waals surface area contributed by atoms with Gasteiger partial charge in [-0.3, -0.25) is 4.79 Å². The summed E-state index contributed by atoms with van der Waals surface area (Å²) < 4.78 is 43.3. The molecule has 6 rings (SSSR count). The Morgan fingerprint density at radius 1 is 1.02 bits per heavy atom. The number of rotatable bonds is 9. The van der Waals surface area contributed by atoms with E-state index in [-0.39, 0.29) is 17.8 Å². The summed E-state index contributed by atoms with van der Waals surface area (Å²) in [5, 5.41) is 15.7. The summed E-state index contributed by atoms with van der Waals surface area (Å²) in [6, 6.07) is 14.1. The summed E-state index contributed by atoms with van der Waals surface area (Å²) in [6.07, 6.45) is -3.60. The molecule has 0 radical (unpaired) electrons. The molecule has 0 spiro atoms. The van der Waals surface area contributed by atoms with Crippen LogP contribution >= 0.6 is 22.7 Å². The first kappa shape index (κ1) is 32.2. The number of halogens is 3. The molecular weight excluding hydrogens is 609 g/mol. The van der Waals surface area contributed by atoms with Crippen LogP contribution in [0.3, 0.4) is 0 Å². The number of piperidine rings is 3. The lowest BCUT2D eigenvalue weighted by molar-refractivity contribution is -0.938. The monoisotopic (exact) mass is 638 g/mol. The largest absolute Gasteiger partial charge is 0.542 e. The van der Waals surface area contributed by atoms with Crippen molar-refractivity contribution in [1.29, 1.82) is 0 Å². The molecule has 2 bridgehead atoms. The third-order valence-corrected chi connectivity index (χ3v) is 9.33. The Morgan fingerprint density at radius 2 is 1.70 bits per heavy atom. The van der Waals surface area contributed by atoms with Crippen molar-refractivity contribution < 1.29 is 51.4 Å². The van der Waals surface area contributed by atoms with Gasteiger partial charge in [-0.25, -0.2) is 9.59 Å². The fourth-order valence-corrected chi connectivity index (χ4v) is 6.89. The van der Waals surface area contributed by atoms with Crippen molar-refractivity contribution in [2.24, 2.45) is 5.92 Å². The van der Waals surface area contributed by atoms with Crippen LogP contribution in [0.5, 0.6) is 0 Å². The predicted molar refractivity (Wildman–Crippen MR) is 151 cm³/mol. The molecular formula is C29H29F3N2O7S2. The minimum absolute atomic E-state index is 0.153. The average molecular weight is 639 g/mol. The van der Waals surface area contributed by atoms with Crippen LogP contribution in [0.4, 0.5) is 18.9 Å². The first-order valence-corrected chi connectivity index (χ1v) is 15.1. The Balaban J connectivity index is 0.000000541. The lowest BCUT2D eigenvalue weighted by Gasteiger charge is -2.51. The molecule has 3 saturated heterocycles. The number of carbonyl (C=O) groups excluding carboxylic acids is 4. The molecule has 43 heavy (non-hydrogen) atoms. The highest BCUT2D eigenvalue weighted by atomic mass is 32.1. The zero-order valence-electron chi connectivity index (χ0n) is 23.0. The van der Waals surface area contributed by atoms with Crippen molar-refractivity contribution in [3.05, 3.63) is 74.6 Å². The summed E-state index contributed by atoms with van der Waals surface area (Å²) in [7, 11) is 1.33. The molecule has 230 valence electrons. The van der Waals surface area contributed by atoms with Gasteiger partial charge in [0.25, 0.3) is 0 Å². The van der Waals surface area contributed by atoms with E-state index in [4.69, 9.17) is 19.4 Å². The van der Waals surface area contributed by atoms with E-state index < -0.39 is 30.1 Å². The Labute approximate surface area is 253 Å². The molecule has 14 heteroatoms. The smallest absolute Gasteiger partial charge is 0.430 e. The fraction of sp³-hybridized carbons (Fsp3) is 0.379. The molecule has 1 aromatic carbocycles. The SMILES string of the molecule is COC(=O)c1sccc1[C@@H](Nc1ccccc1)C(=O)O[C@H]1C[N+]2(CC(=O)c3cccs3)CCC1CC2.O=C([O-])C(F)(F)F. The minimum Gasteiger partial charge on any atom is -0.542 e. The number of quaternary nitrogens is 1. The first-order chi connectivity index (χ1) is 20.4. The van der Waals surface area contributed by atoms with E-state index in [2.05, 4.69) is 5.32 Å². The van der Waals surface area contributed by atoms with Crippen LogP contribution in [-0.4, -0.2) is 73.7 Å². The zero-order chi connectivity index (χ0) is 31.2. The van der Waals surface area contributed by atoms with Gasteiger partial charge in [0.1, 0.15) is 23.9 Å². The van der Waals surface area contributed by atoms with Crippen molar-refractivity contribution in [2.75, 3.05) is 38.6 Å². The van der Waals surface area contributed by atoms with Gasteiger partial charge >= 0.3 is 18.1 Å². The topological polar surface area (TPSA) is 122 Å². The first-order valence-electron chi connectivity index (χ1n) is 13.3. The second-order valence-electron chi connectivity index (χ2n) is 10.3. The number of anilines is 1. The molecule has 3 aliphatic heterocycles. The number of ether oxygens (including phenoxy) is 2. The van der Waals surface area contributed by atoms with E-state index in [0.717, 1.165) is 36.5 Å². The van der Waals surface area contributed by atoms with Crippen molar-refractivity contribution in [3.63, 3.8) is 0 Å². The summed E-state index contributed by atoms with van der Waals surface area (Å²) >= 11 is 2.71. The maximum absolute atomic E-state index is 13.7. The van der Waals surface area contributed by atoms with Gasteiger partial charge in [0, 0.05) is 30.0 Å². The number of carboxylic acids is 1. The van der Waals surface area contributed by atoms with Gasteiger partial charge in [-0.2, -0.15) is 13.2 Å². The molecule has 0 saturated carbocycles. The Hall–Kier alpha value is -3.75. The molecule has 5 heterocycles. The Bertz CT molecular complexity index is 1420. The van der Waals surface area contributed by atoms with Crippen molar-refractivity contribution in [2.45, 2.75) is 31.2 Å². The van der Waals surface area contributed by atoms with E-state index in [9.17, 15) is 27.6 Å². The summed E-state index contributed by atoms with van der Waals surface area (Å²) in [5.41, 5.74) is 1.29. The number of benzene rings is 1. The third-order valence-electron chi connectivity index (χ3n) is 7.51. The number of methoxy groups -OCH3 is 1. The van der Waals surface area contributed by atoms with Gasteiger partial charge in [-0.05, 0) is 35.0 Å². The van der Waals surface area contributed by atoms with Crippen molar-refractivity contribution in [1.82, 2.24) is 0 Å². The quantitative estimate of drug-likeness (QED) is 0.212. The molecule has 0 unspecified atom stereocenters. The second kappa shape index (κ2) is 13.7.